The molecule has 1 aliphatic carbocycles. The van der Waals surface area contributed by atoms with E-state index in [0.29, 0.717) is 12.3 Å². The van der Waals surface area contributed by atoms with E-state index in [2.05, 4.69) is 5.32 Å². The van der Waals surface area contributed by atoms with Crippen LogP contribution in [0.3, 0.4) is 0 Å². The highest BCUT2D eigenvalue weighted by atomic mass is 16.4. The van der Waals surface area contributed by atoms with Gasteiger partial charge in [-0.2, -0.15) is 0 Å². The van der Waals surface area contributed by atoms with E-state index in [1.54, 1.807) is 17.0 Å². The van der Waals surface area contributed by atoms with Gasteiger partial charge in [0.1, 0.15) is 5.76 Å². The van der Waals surface area contributed by atoms with Gasteiger partial charge in [-0.1, -0.05) is 0 Å². The normalized spacial score (nSPS) is 17.3. The van der Waals surface area contributed by atoms with Crippen LogP contribution >= 0.6 is 0 Å². The zero-order chi connectivity index (χ0) is 14.8. The number of carbonyl (C=O) groups is 2. The Hall–Kier alpha value is -2.02. The van der Waals surface area contributed by atoms with Gasteiger partial charge in [0.2, 0.25) is 0 Å². The number of hydrogen-bond acceptors (Lipinski definition) is 4. The molecule has 1 unspecified atom stereocenters. The van der Waals surface area contributed by atoms with Crippen molar-refractivity contribution < 1.29 is 24.2 Å². The summed E-state index contributed by atoms with van der Waals surface area (Å²) in [5, 5.41) is 20.8. The van der Waals surface area contributed by atoms with Gasteiger partial charge in [0, 0.05) is 6.04 Å². The molecule has 1 fully saturated rings. The molecule has 1 aliphatic rings. The molecular weight excluding hydrogens is 264 g/mol. The van der Waals surface area contributed by atoms with Crippen LogP contribution in [0.4, 0.5) is 4.79 Å². The Morgan fingerprint density at radius 3 is 2.75 bits per heavy atom. The Balaban J connectivity index is 1.92. The van der Waals surface area contributed by atoms with Gasteiger partial charge in [0.15, 0.2) is 5.60 Å². The molecular formula is C13H18N2O5. The standard InChI is InChI=1S/C13H18N2O5/c1-13(19,11(16)17)8-14-12(18)15(9-4-5-9)7-10-3-2-6-20-10/h2-3,6,9,19H,4-5,7-8H2,1H3,(H,14,18)(H,16,17). The second-order valence-electron chi connectivity index (χ2n) is 5.18. The van der Waals surface area contributed by atoms with Crippen molar-refractivity contribution in [3.63, 3.8) is 0 Å². The number of amides is 2. The van der Waals surface area contributed by atoms with Crippen molar-refractivity contribution >= 4 is 12.0 Å². The minimum Gasteiger partial charge on any atom is -0.479 e. The molecule has 0 aromatic carbocycles. The monoisotopic (exact) mass is 282 g/mol. The molecule has 2 rings (SSSR count). The minimum absolute atomic E-state index is 0.148. The van der Waals surface area contributed by atoms with Crippen LogP contribution in [0, 0.1) is 0 Å². The minimum atomic E-state index is -1.98. The first-order valence-corrected chi connectivity index (χ1v) is 6.43. The molecule has 2 amide bonds. The molecule has 1 atom stereocenters. The molecule has 1 saturated carbocycles. The summed E-state index contributed by atoms with van der Waals surface area (Å²) < 4.78 is 5.21. The third-order valence-electron chi connectivity index (χ3n) is 3.20. The average molecular weight is 282 g/mol. The molecule has 0 aliphatic heterocycles. The van der Waals surface area contributed by atoms with Crippen molar-refractivity contribution in [3.05, 3.63) is 24.2 Å². The van der Waals surface area contributed by atoms with E-state index in [-0.39, 0.29) is 12.6 Å². The first-order chi connectivity index (χ1) is 9.40. The fourth-order valence-corrected chi connectivity index (χ4v) is 1.75. The molecule has 0 spiro atoms. The molecule has 0 bridgehead atoms. The Bertz CT molecular complexity index is 479. The van der Waals surface area contributed by atoms with Crippen molar-refractivity contribution in [2.75, 3.05) is 6.54 Å². The van der Waals surface area contributed by atoms with Crippen LogP contribution < -0.4 is 5.32 Å². The van der Waals surface area contributed by atoms with E-state index in [4.69, 9.17) is 9.52 Å². The lowest BCUT2D eigenvalue weighted by Crippen LogP contribution is -2.50. The number of aliphatic hydroxyl groups is 1. The Morgan fingerprint density at radius 1 is 1.55 bits per heavy atom. The van der Waals surface area contributed by atoms with Gasteiger partial charge in [0.05, 0.1) is 19.4 Å². The maximum atomic E-state index is 12.1. The van der Waals surface area contributed by atoms with Crippen LogP contribution in [0.15, 0.2) is 22.8 Å². The number of hydrogen-bond donors (Lipinski definition) is 3. The van der Waals surface area contributed by atoms with Gasteiger partial charge in [-0.3, -0.25) is 0 Å². The number of nitrogens with one attached hydrogen (secondary N) is 1. The predicted octanol–water partition coefficient (Wildman–Crippen LogP) is 0.789. The largest absolute Gasteiger partial charge is 0.479 e. The first-order valence-electron chi connectivity index (χ1n) is 6.43. The van der Waals surface area contributed by atoms with Gasteiger partial charge >= 0.3 is 12.0 Å². The lowest BCUT2D eigenvalue weighted by Gasteiger charge is -2.24. The molecule has 7 nitrogen and oxygen atoms in total. The second-order valence-corrected chi connectivity index (χ2v) is 5.18. The van der Waals surface area contributed by atoms with Crippen LogP contribution in [0.25, 0.3) is 0 Å². The van der Waals surface area contributed by atoms with Crippen molar-refractivity contribution in [2.45, 2.75) is 38.0 Å². The van der Waals surface area contributed by atoms with E-state index in [9.17, 15) is 14.7 Å². The molecule has 0 saturated heterocycles. The second kappa shape index (κ2) is 5.54. The van der Waals surface area contributed by atoms with Crippen molar-refractivity contribution in [1.29, 1.82) is 0 Å². The van der Waals surface area contributed by atoms with Gasteiger partial charge in [-0.25, -0.2) is 9.59 Å². The van der Waals surface area contributed by atoms with E-state index < -0.39 is 17.6 Å². The highest BCUT2D eigenvalue weighted by Crippen LogP contribution is 2.28. The van der Waals surface area contributed by atoms with Crippen LogP contribution in [0.5, 0.6) is 0 Å². The molecule has 7 heteroatoms. The Labute approximate surface area is 116 Å². The number of nitrogens with zero attached hydrogens (tertiary/aromatic N) is 1. The summed E-state index contributed by atoms with van der Waals surface area (Å²) >= 11 is 0. The SMILES string of the molecule is CC(O)(CNC(=O)N(Cc1ccco1)C1CC1)C(=O)O. The smallest absolute Gasteiger partial charge is 0.337 e. The summed E-state index contributed by atoms with van der Waals surface area (Å²) in [5.74, 6) is -0.709. The summed E-state index contributed by atoms with van der Waals surface area (Å²) in [4.78, 5) is 24.5. The van der Waals surface area contributed by atoms with Gasteiger partial charge in [-0.05, 0) is 31.9 Å². The summed E-state index contributed by atoms with van der Waals surface area (Å²) in [6.07, 6.45) is 3.38. The Kier molecular flexibility index (Phi) is 3.99. The summed E-state index contributed by atoms with van der Waals surface area (Å²) in [6.45, 7) is 1.13. The van der Waals surface area contributed by atoms with Gasteiger partial charge < -0.3 is 24.8 Å². The number of carbonyl (C=O) groups excluding carboxylic acids is 1. The number of carboxylic acids is 1. The van der Waals surface area contributed by atoms with E-state index in [1.807, 2.05) is 0 Å². The molecule has 1 aromatic rings. The molecule has 1 heterocycles. The van der Waals surface area contributed by atoms with Crippen LogP contribution in [0.1, 0.15) is 25.5 Å². The molecule has 20 heavy (non-hydrogen) atoms. The van der Waals surface area contributed by atoms with E-state index in [0.717, 1.165) is 19.8 Å². The predicted molar refractivity (Wildman–Crippen MR) is 68.9 cm³/mol. The number of carboxylic acid groups (broad SMARTS) is 1. The van der Waals surface area contributed by atoms with Crippen LogP contribution in [-0.4, -0.2) is 45.3 Å². The summed E-state index contributed by atoms with van der Waals surface area (Å²) in [5.41, 5.74) is -1.98. The Morgan fingerprint density at radius 2 is 2.25 bits per heavy atom. The van der Waals surface area contributed by atoms with Crippen molar-refractivity contribution in [2.24, 2.45) is 0 Å². The lowest BCUT2D eigenvalue weighted by molar-refractivity contribution is -0.155. The summed E-state index contributed by atoms with van der Waals surface area (Å²) in [7, 11) is 0. The molecule has 3 N–H and O–H groups in total. The highest BCUT2D eigenvalue weighted by Gasteiger charge is 2.35. The topological polar surface area (TPSA) is 103 Å². The zero-order valence-electron chi connectivity index (χ0n) is 11.2. The fraction of sp³-hybridized carbons (Fsp3) is 0.538. The van der Waals surface area contributed by atoms with Gasteiger partial charge in [0.25, 0.3) is 0 Å². The average Bonchev–Trinajstić information content (AvgIpc) is 3.10. The first kappa shape index (κ1) is 14.4. The van der Waals surface area contributed by atoms with Crippen LogP contribution in [-0.2, 0) is 11.3 Å². The molecule has 110 valence electrons. The van der Waals surface area contributed by atoms with Gasteiger partial charge in [-0.15, -0.1) is 0 Å². The third-order valence-corrected chi connectivity index (χ3v) is 3.20. The third kappa shape index (κ3) is 3.51. The quantitative estimate of drug-likeness (QED) is 0.715. The van der Waals surface area contributed by atoms with Crippen molar-refractivity contribution in [3.8, 4) is 0 Å². The number of rotatable bonds is 6. The molecule has 0 radical (unpaired) electrons. The number of furan rings is 1. The number of aliphatic carboxylic acids is 1. The highest BCUT2D eigenvalue weighted by molar-refractivity contribution is 5.79. The lowest BCUT2D eigenvalue weighted by atomic mass is 10.1. The maximum Gasteiger partial charge on any atom is 0.337 e. The maximum absolute atomic E-state index is 12.1. The fourth-order valence-electron chi connectivity index (χ4n) is 1.75. The number of urea groups is 1. The van der Waals surface area contributed by atoms with Crippen LogP contribution in [0.2, 0.25) is 0 Å². The molecule has 1 aromatic heterocycles. The zero-order valence-corrected chi connectivity index (χ0v) is 11.2. The van der Waals surface area contributed by atoms with Crippen molar-refractivity contribution in [1.82, 2.24) is 10.2 Å². The summed E-state index contributed by atoms with van der Waals surface area (Å²) in [6, 6.07) is 3.27. The van der Waals surface area contributed by atoms with E-state index >= 15 is 0 Å². The van der Waals surface area contributed by atoms with E-state index in [1.165, 1.54) is 6.26 Å².